The number of hydrogen-bond acceptors (Lipinski definition) is 6. The van der Waals surface area contributed by atoms with Crippen molar-refractivity contribution in [1.29, 1.82) is 0 Å². The first kappa shape index (κ1) is 10.9. The summed E-state index contributed by atoms with van der Waals surface area (Å²) in [7, 11) is -3.38. The standard InChI is InChI=1S/C7H7N2O3S2/c1-14(11,12)4-5(2-10)6-3-13-7(8)9-6/h3-4H,1H3,(H2,8,9). The third kappa shape index (κ3) is 2.93. The number of nitrogens with two attached hydrogens (primary N) is 1. The molecule has 0 atom stereocenters. The maximum atomic E-state index is 10.9. The molecule has 5 nitrogen and oxygen atoms in total. The fourth-order valence-electron chi connectivity index (χ4n) is 0.762. The van der Waals surface area contributed by atoms with Gasteiger partial charge in [0.15, 0.2) is 15.0 Å². The van der Waals surface area contributed by atoms with Gasteiger partial charge < -0.3 is 5.73 Å². The van der Waals surface area contributed by atoms with Gasteiger partial charge in [-0.2, -0.15) is 0 Å². The molecule has 2 N–H and O–H groups in total. The van der Waals surface area contributed by atoms with E-state index in [9.17, 15) is 13.2 Å². The van der Waals surface area contributed by atoms with Crippen LogP contribution in [0.3, 0.4) is 0 Å². The number of sulfone groups is 1. The zero-order valence-corrected chi connectivity index (χ0v) is 8.85. The van der Waals surface area contributed by atoms with Crippen LogP contribution in [0.2, 0.25) is 0 Å². The molecule has 0 aliphatic heterocycles. The fourth-order valence-corrected chi connectivity index (χ4v) is 1.92. The molecule has 14 heavy (non-hydrogen) atoms. The lowest BCUT2D eigenvalue weighted by Crippen LogP contribution is -1.95. The molecule has 0 saturated carbocycles. The molecular formula is C7H7N2O3S2. The van der Waals surface area contributed by atoms with Crippen molar-refractivity contribution in [3.8, 4) is 0 Å². The van der Waals surface area contributed by atoms with Gasteiger partial charge in [-0.3, -0.25) is 4.79 Å². The largest absolute Gasteiger partial charge is 0.375 e. The second-order valence-electron chi connectivity index (χ2n) is 2.53. The lowest BCUT2D eigenvalue weighted by molar-refractivity contribution is 0.565. The van der Waals surface area contributed by atoms with E-state index < -0.39 is 9.84 Å². The van der Waals surface area contributed by atoms with E-state index in [4.69, 9.17) is 5.73 Å². The van der Waals surface area contributed by atoms with Crippen molar-refractivity contribution in [2.24, 2.45) is 0 Å². The highest BCUT2D eigenvalue weighted by Crippen LogP contribution is 2.18. The van der Waals surface area contributed by atoms with E-state index >= 15 is 0 Å². The number of nitrogens with zero attached hydrogens (tertiary/aromatic N) is 1. The molecular weight excluding hydrogens is 224 g/mol. The van der Waals surface area contributed by atoms with Gasteiger partial charge in [0.2, 0.25) is 6.29 Å². The predicted molar refractivity (Wildman–Crippen MR) is 55.0 cm³/mol. The quantitative estimate of drug-likeness (QED) is 0.751. The van der Waals surface area contributed by atoms with Crippen LogP contribution in [0.1, 0.15) is 5.69 Å². The summed E-state index contributed by atoms with van der Waals surface area (Å²) in [6.07, 6.45) is 2.49. The summed E-state index contributed by atoms with van der Waals surface area (Å²) < 4.78 is 21.7. The molecule has 0 bridgehead atoms. The van der Waals surface area contributed by atoms with Gasteiger partial charge in [0, 0.05) is 17.0 Å². The van der Waals surface area contributed by atoms with Crippen LogP contribution in [0.5, 0.6) is 0 Å². The van der Waals surface area contributed by atoms with Gasteiger partial charge in [0.05, 0.1) is 11.3 Å². The van der Waals surface area contributed by atoms with Crippen LogP contribution in [0, 0.1) is 0 Å². The lowest BCUT2D eigenvalue weighted by Gasteiger charge is -1.91. The predicted octanol–water partition coefficient (Wildman–Crippen LogP) is 0.221. The Kier molecular flexibility index (Phi) is 3.02. The maximum Gasteiger partial charge on any atom is 0.236 e. The first-order valence-electron chi connectivity index (χ1n) is 3.43. The second-order valence-corrected chi connectivity index (χ2v) is 5.32. The zero-order valence-electron chi connectivity index (χ0n) is 7.22. The topological polar surface area (TPSA) is 90.1 Å². The summed E-state index contributed by atoms with van der Waals surface area (Å²) in [6.45, 7) is 0. The highest BCUT2D eigenvalue weighted by Gasteiger charge is 2.09. The highest BCUT2D eigenvalue weighted by atomic mass is 32.2. The summed E-state index contributed by atoms with van der Waals surface area (Å²) in [5.41, 5.74) is 5.45. The van der Waals surface area contributed by atoms with Crippen LogP contribution in [-0.2, 0) is 14.6 Å². The zero-order chi connectivity index (χ0) is 10.8. The Morgan fingerprint density at radius 3 is 2.71 bits per heavy atom. The third-order valence-electron chi connectivity index (χ3n) is 1.24. The van der Waals surface area contributed by atoms with E-state index in [0.717, 1.165) is 23.0 Å². The molecule has 1 heterocycles. The van der Waals surface area contributed by atoms with Crippen molar-refractivity contribution >= 4 is 38.2 Å². The highest BCUT2D eigenvalue weighted by molar-refractivity contribution is 7.93. The van der Waals surface area contributed by atoms with Crippen molar-refractivity contribution in [2.45, 2.75) is 0 Å². The molecule has 1 aromatic heterocycles. The summed E-state index contributed by atoms with van der Waals surface area (Å²) in [5, 5.41) is 2.58. The Balaban J connectivity index is 3.18. The first-order chi connectivity index (χ1) is 6.42. The molecule has 1 aromatic rings. The molecule has 0 aromatic carbocycles. The number of allylic oxidation sites excluding steroid dienone is 1. The summed E-state index contributed by atoms with van der Waals surface area (Å²) >= 11 is 1.13. The number of hydrogen-bond donors (Lipinski definition) is 1. The minimum Gasteiger partial charge on any atom is -0.375 e. The first-order valence-corrected chi connectivity index (χ1v) is 6.27. The van der Waals surface area contributed by atoms with Crippen LogP contribution >= 0.6 is 11.3 Å². The number of thiazole rings is 1. The maximum absolute atomic E-state index is 10.9. The van der Waals surface area contributed by atoms with Crippen molar-refractivity contribution < 1.29 is 13.2 Å². The average Bonchev–Trinajstić information content (AvgIpc) is 2.46. The normalized spacial score (nSPS) is 12.8. The number of carbonyl (C=O) groups excluding carboxylic acids is 1. The molecule has 0 aliphatic rings. The van der Waals surface area contributed by atoms with Gasteiger partial charge >= 0.3 is 0 Å². The minimum atomic E-state index is -3.38. The van der Waals surface area contributed by atoms with Crippen molar-refractivity contribution in [2.75, 3.05) is 12.0 Å². The van der Waals surface area contributed by atoms with Crippen LogP contribution < -0.4 is 5.73 Å². The third-order valence-corrected chi connectivity index (χ3v) is 2.58. The van der Waals surface area contributed by atoms with E-state index in [-0.39, 0.29) is 16.4 Å². The smallest absolute Gasteiger partial charge is 0.236 e. The number of nitrogen functional groups attached to an aromatic ring is 1. The van der Waals surface area contributed by atoms with Gasteiger partial charge in [0.1, 0.15) is 0 Å². The lowest BCUT2D eigenvalue weighted by atomic mass is 10.3. The molecule has 0 fully saturated rings. The van der Waals surface area contributed by atoms with Crippen LogP contribution in [0.4, 0.5) is 5.13 Å². The monoisotopic (exact) mass is 231 g/mol. The molecule has 1 radical (unpaired) electrons. The molecule has 0 saturated heterocycles. The molecule has 7 heteroatoms. The number of rotatable bonds is 3. The van der Waals surface area contributed by atoms with E-state index in [0.29, 0.717) is 0 Å². The van der Waals surface area contributed by atoms with E-state index in [1.165, 1.54) is 11.7 Å². The average molecular weight is 231 g/mol. The second kappa shape index (κ2) is 3.89. The Morgan fingerprint density at radius 2 is 2.36 bits per heavy atom. The van der Waals surface area contributed by atoms with Gasteiger partial charge in [0.25, 0.3) is 0 Å². The fraction of sp³-hybridized carbons (Fsp3) is 0.143. The molecule has 0 unspecified atom stereocenters. The van der Waals surface area contributed by atoms with Crippen LogP contribution in [0.25, 0.3) is 5.57 Å². The van der Waals surface area contributed by atoms with Crippen LogP contribution in [0.15, 0.2) is 10.8 Å². The molecule has 1 rings (SSSR count). The van der Waals surface area contributed by atoms with Gasteiger partial charge in [-0.15, -0.1) is 11.3 Å². The van der Waals surface area contributed by atoms with E-state index in [2.05, 4.69) is 4.98 Å². The molecule has 0 spiro atoms. The van der Waals surface area contributed by atoms with E-state index in [1.54, 1.807) is 0 Å². The Bertz CT molecular complexity index is 473. The van der Waals surface area contributed by atoms with Gasteiger partial charge in [-0.1, -0.05) is 0 Å². The number of anilines is 1. The van der Waals surface area contributed by atoms with Crippen molar-refractivity contribution in [3.05, 3.63) is 16.5 Å². The SMILES string of the molecule is CS(=O)(=O)C=C([C]=O)c1csc(N)n1. The molecule has 0 amide bonds. The summed E-state index contributed by atoms with van der Waals surface area (Å²) in [6, 6.07) is 0. The Hall–Kier alpha value is -1.21. The minimum absolute atomic E-state index is 0.111. The molecule has 0 aliphatic carbocycles. The number of aromatic nitrogens is 1. The van der Waals surface area contributed by atoms with Crippen molar-refractivity contribution in [3.63, 3.8) is 0 Å². The van der Waals surface area contributed by atoms with Gasteiger partial charge in [-0.05, 0) is 0 Å². The van der Waals surface area contributed by atoms with Crippen molar-refractivity contribution in [1.82, 2.24) is 4.98 Å². The Labute approximate surface area is 85.2 Å². The Morgan fingerprint density at radius 1 is 1.71 bits per heavy atom. The van der Waals surface area contributed by atoms with Gasteiger partial charge in [-0.25, -0.2) is 13.4 Å². The summed E-state index contributed by atoms with van der Waals surface area (Å²) in [5.74, 6) is 0. The molecule has 75 valence electrons. The van der Waals surface area contributed by atoms with E-state index in [1.807, 2.05) is 0 Å². The summed E-state index contributed by atoms with van der Waals surface area (Å²) in [4.78, 5) is 14.2. The van der Waals surface area contributed by atoms with Crippen LogP contribution in [-0.4, -0.2) is 25.9 Å².